The quantitative estimate of drug-likeness (QED) is 0.470. The van der Waals surface area contributed by atoms with Crippen LogP contribution in [0.15, 0.2) is 24.3 Å². The van der Waals surface area contributed by atoms with Gasteiger partial charge in [0.15, 0.2) is 0 Å². The molecule has 0 aliphatic carbocycles. The SMILES string of the molecule is C[N+](C)(C)CCNc1ccc([N+](=O)[O-])cc1. The van der Waals surface area contributed by atoms with Crippen molar-refractivity contribution < 1.29 is 9.41 Å². The molecule has 0 aromatic heterocycles. The molecule has 0 bridgehead atoms. The van der Waals surface area contributed by atoms with Gasteiger partial charge in [-0.25, -0.2) is 0 Å². The van der Waals surface area contributed by atoms with Gasteiger partial charge in [0.1, 0.15) is 0 Å². The van der Waals surface area contributed by atoms with E-state index in [-0.39, 0.29) is 5.69 Å². The summed E-state index contributed by atoms with van der Waals surface area (Å²) in [5, 5.41) is 13.7. The summed E-state index contributed by atoms with van der Waals surface area (Å²) in [4.78, 5) is 10.0. The summed E-state index contributed by atoms with van der Waals surface area (Å²) >= 11 is 0. The minimum atomic E-state index is -0.393. The number of nitrogens with zero attached hydrogens (tertiary/aromatic N) is 2. The van der Waals surface area contributed by atoms with Crippen LogP contribution in [-0.2, 0) is 0 Å². The summed E-state index contributed by atoms with van der Waals surface area (Å²) in [5.74, 6) is 0. The van der Waals surface area contributed by atoms with E-state index in [1.54, 1.807) is 12.1 Å². The van der Waals surface area contributed by atoms with E-state index in [2.05, 4.69) is 26.5 Å². The zero-order valence-corrected chi connectivity index (χ0v) is 9.93. The molecule has 0 amide bonds. The zero-order chi connectivity index (χ0) is 12.2. The van der Waals surface area contributed by atoms with E-state index in [9.17, 15) is 10.1 Å². The van der Waals surface area contributed by atoms with Crippen LogP contribution in [0, 0.1) is 10.1 Å². The van der Waals surface area contributed by atoms with Crippen molar-refractivity contribution in [2.24, 2.45) is 0 Å². The van der Waals surface area contributed by atoms with Crippen molar-refractivity contribution >= 4 is 11.4 Å². The molecule has 0 fully saturated rings. The first kappa shape index (κ1) is 12.4. The highest BCUT2D eigenvalue weighted by atomic mass is 16.6. The Labute approximate surface area is 95.4 Å². The molecule has 16 heavy (non-hydrogen) atoms. The number of nitrogens with one attached hydrogen (secondary N) is 1. The average Bonchev–Trinajstić information content (AvgIpc) is 2.16. The molecule has 0 saturated carbocycles. The molecule has 5 nitrogen and oxygen atoms in total. The predicted octanol–water partition coefficient (Wildman–Crippen LogP) is 1.71. The van der Waals surface area contributed by atoms with Crippen molar-refractivity contribution in [3.63, 3.8) is 0 Å². The molecule has 0 unspecified atom stereocenters. The standard InChI is InChI=1S/C11H18N3O2/c1-14(2,3)9-8-12-10-4-6-11(7-5-10)13(15)16/h4-7,12H,8-9H2,1-3H3/q+1. The van der Waals surface area contributed by atoms with E-state index in [1.165, 1.54) is 12.1 Å². The maximum atomic E-state index is 10.4. The molecule has 0 saturated heterocycles. The number of rotatable bonds is 5. The van der Waals surface area contributed by atoms with Crippen LogP contribution in [-0.4, -0.2) is 43.6 Å². The summed E-state index contributed by atoms with van der Waals surface area (Å²) in [7, 11) is 6.37. The number of nitro benzene ring substituents is 1. The van der Waals surface area contributed by atoms with Crippen molar-refractivity contribution in [2.75, 3.05) is 39.5 Å². The molecule has 0 spiro atoms. The van der Waals surface area contributed by atoms with Crippen molar-refractivity contribution in [2.45, 2.75) is 0 Å². The Morgan fingerprint density at radius 3 is 2.25 bits per heavy atom. The van der Waals surface area contributed by atoms with Gasteiger partial charge in [-0.05, 0) is 12.1 Å². The van der Waals surface area contributed by atoms with Gasteiger partial charge in [0.2, 0.25) is 0 Å². The highest BCUT2D eigenvalue weighted by molar-refractivity contribution is 5.48. The van der Waals surface area contributed by atoms with Crippen molar-refractivity contribution in [3.8, 4) is 0 Å². The van der Waals surface area contributed by atoms with E-state index in [4.69, 9.17) is 0 Å². The number of hydrogen-bond donors (Lipinski definition) is 1. The lowest BCUT2D eigenvalue weighted by molar-refractivity contribution is -0.868. The number of quaternary nitrogens is 1. The Hall–Kier alpha value is -1.62. The molecule has 0 aliphatic heterocycles. The fraction of sp³-hybridized carbons (Fsp3) is 0.455. The molecule has 0 heterocycles. The molecule has 0 radical (unpaired) electrons. The van der Waals surface area contributed by atoms with Crippen LogP contribution in [0.5, 0.6) is 0 Å². The second-order valence-electron chi connectivity index (χ2n) is 4.74. The van der Waals surface area contributed by atoms with Gasteiger partial charge in [-0.15, -0.1) is 0 Å². The van der Waals surface area contributed by atoms with Crippen LogP contribution in [0.25, 0.3) is 0 Å². The second kappa shape index (κ2) is 4.94. The third-order valence-electron chi connectivity index (χ3n) is 2.19. The first-order valence-corrected chi connectivity index (χ1v) is 5.17. The predicted molar refractivity (Wildman–Crippen MR) is 64.5 cm³/mol. The molecule has 1 aromatic carbocycles. The Morgan fingerprint density at radius 2 is 1.81 bits per heavy atom. The van der Waals surface area contributed by atoms with Crippen LogP contribution >= 0.6 is 0 Å². The first-order chi connectivity index (χ1) is 7.38. The molecular formula is C11H18N3O2+. The fourth-order valence-corrected chi connectivity index (χ4v) is 1.24. The Balaban J connectivity index is 2.47. The average molecular weight is 224 g/mol. The van der Waals surface area contributed by atoms with Gasteiger partial charge in [-0.3, -0.25) is 10.1 Å². The molecule has 88 valence electrons. The van der Waals surface area contributed by atoms with E-state index >= 15 is 0 Å². The number of benzene rings is 1. The van der Waals surface area contributed by atoms with Crippen LogP contribution < -0.4 is 5.32 Å². The monoisotopic (exact) mass is 224 g/mol. The fourth-order valence-electron chi connectivity index (χ4n) is 1.24. The summed E-state index contributed by atoms with van der Waals surface area (Å²) in [6.45, 7) is 1.85. The van der Waals surface area contributed by atoms with Gasteiger partial charge >= 0.3 is 0 Å². The van der Waals surface area contributed by atoms with Crippen LogP contribution in [0.4, 0.5) is 11.4 Å². The first-order valence-electron chi connectivity index (χ1n) is 5.17. The van der Waals surface area contributed by atoms with Gasteiger partial charge < -0.3 is 9.80 Å². The molecule has 0 atom stereocenters. The molecule has 1 N–H and O–H groups in total. The highest BCUT2D eigenvalue weighted by Crippen LogP contribution is 2.14. The second-order valence-corrected chi connectivity index (χ2v) is 4.74. The summed E-state index contributed by atoms with van der Waals surface area (Å²) < 4.78 is 0.889. The van der Waals surface area contributed by atoms with Crippen LogP contribution in [0.2, 0.25) is 0 Å². The summed E-state index contributed by atoms with van der Waals surface area (Å²) in [6.07, 6.45) is 0. The molecule has 1 aromatic rings. The van der Waals surface area contributed by atoms with Gasteiger partial charge in [-0.2, -0.15) is 0 Å². The zero-order valence-electron chi connectivity index (χ0n) is 9.93. The van der Waals surface area contributed by atoms with Gasteiger partial charge in [0.25, 0.3) is 5.69 Å². The van der Waals surface area contributed by atoms with Gasteiger partial charge in [0, 0.05) is 17.8 Å². The largest absolute Gasteiger partial charge is 0.379 e. The number of non-ortho nitro benzene ring substituents is 1. The molecular weight excluding hydrogens is 206 g/mol. The summed E-state index contributed by atoms with van der Waals surface area (Å²) in [5.41, 5.74) is 1.04. The van der Waals surface area contributed by atoms with Crippen molar-refractivity contribution in [1.29, 1.82) is 0 Å². The minimum Gasteiger partial charge on any atom is -0.379 e. The van der Waals surface area contributed by atoms with Crippen molar-refractivity contribution in [3.05, 3.63) is 34.4 Å². The Morgan fingerprint density at radius 1 is 1.25 bits per heavy atom. The number of anilines is 1. The smallest absolute Gasteiger partial charge is 0.269 e. The van der Waals surface area contributed by atoms with E-state index in [1.807, 2.05) is 0 Å². The normalized spacial score (nSPS) is 11.2. The third kappa shape index (κ3) is 4.27. The maximum Gasteiger partial charge on any atom is 0.269 e. The lowest BCUT2D eigenvalue weighted by atomic mass is 10.3. The third-order valence-corrected chi connectivity index (χ3v) is 2.19. The summed E-state index contributed by atoms with van der Waals surface area (Å²) in [6, 6.07) is 6.48. The molecule has 1 rings (SSSR count). The van der Waals surface area contributed by atoms with E-state index < -0.39 is 4.92 Å². The Bertz CT molecular complexity index is 354. The van der Waals surface area contributed by atoms with E-state index in [0.717, 1.165) is 23.3 Å². The highest BCUT2D eigenvalue weighted by Gasteiger charge is 2.06. The lowest BCUT2D eigenvalue weighted by Crippen LogP contribution is -2.38. The van der Waals surface area contributed by atoms with Crippen molar-refractivity contribution in [1.82, 2.24) is 0 Å². The lowest BCUT2D eigenvalue weighted by Gasteiger charge is -2.24. The molecule has 5 heteroatoms. The topological polar surface area (TPSA) is 55.2 Å². The van der Waals surface area contributed by atoms with Gasteiger partial charge in [0.05, 0.1) is 39.2 Å². The number of nitro groups is 1. The van der Waals surface area contributed by atoms with Gasteiger partial charge in [-0.1, -0.05) is 0 Å². The number of hydrogen-bond acceptors (Lipinski definition) is 3. The number of likely N-dealkylation sites (N-methyl/N-ethyl adjacent to an activating group) is 1. The van der Waals surface area contributed by atoms with Crippen LogP contribution in [0.1, 0.15) is 0 Å². The van der Waals surface area contributed by atoms with Crippen LogP contribution in [0.3, 0.4) is 0 Å². The Kier molecular flexibility index (Phi) is 3.84. The molecule has 0 aliphatic rings. The minimum absolute atomic E-state index is 0.122. The maximum absolute atomic E-state index is 10.4. The van der Waals surface area contributed by atoms with E-state index in [0.29, 0.717) is 0 Å².